The van der Waals surface area contributed by atoms with Gasteiger partial charge in [-0.25, -0.2) is 0 Å². The van der Waals surface area contributed by atoms with Crippen LogP contribution in [0.2, 0.25) is 0 Å². The van der Waals surface area contributed by atoms with E-state index in [-0.39, 0.29) is 0 Å². The van der Waals surface area contributed by atoms with Gasteiger partial charge in [0.1, 0.15) is 0 Å². The summed E-state index contributed by atoms with van der Waals surface area (Å²) in [5.74, 6) is 0. The van der Waals surface area contributed by atoms with Crippen molar-refractivity contribution in [2.24, 2.45) is 0 Å². The van der Waals surface area contributed by atoms with Crippen molar-refractivity contribution in [3.05, 3.63) is 22.4 Å². The van der Waals surface area contributed by atoms with Gasteiger partial charge < -0.3 is 0 Å². The summed E-state index contributed by atoms with van der Waals surface area (Å²) in [6, 6.07) is 2.11. The second kappa shape index (κ2) is 3.25. The second-order valence-electron chi connectivity index (χ2n) is 1.95. The summed E-state index contributed by atoms with van der Waals surface area (Å²) < 4.78 is 1.86. The lowest BCUT2D eigenvalue weighted by atomic mass is 10.3. The van der Waals surface area contributed by atoms with Gasteiger partial charge in [-0.15, -0.1) is 0 Å². The lowest BCUT2D eigenvalue weighted by Crippen LogP contribution is -2.02. The number of hydrogen-bond donors (Lipinski definition) is 1. The zero-order valence-corrected chi connectivity index (χ0v) is 6.95. The topological polar surface area (TPSA) is 3.24 Å². The molecule has 1 aromatic heterocycles. The molecule has 0 N–H and O–H groups in total. The summed E-state index contributed by atoms with van der Waals surface area (Å²) in [4.78, 5) is 0. The van der Waals surface area contributed by atoms with Gasteiger partial charge in [0.2, 0.25) is 0 Å². The molecule has 9 heavy (non-hydrogen) atoms. The van der Waals surface area contributed by atoms with Gasteiger partial charge in [-0.3, -0.25) is 4.31 Å². The average Bonchev–Trinajstić information content (AvgIpc) is 2.15. The molecular weight excluding hydrogens is 150 g/mol. The average molecular weight is 159 g/mol. The third-order valence-electron chi connectivity index (χ3n) is 0.991. The maximum atomic E-state index is 4.12. The Hall–Kier alpha value is 0.01000. The molecule has 0 radical (unpaired) electrons. The van der Waals surface area contributed by atoms with E-state index in [1.807, 2.05) is 11.4 Å². The molecule has 0 aliphatic rings. The molecule has 1 rings (SSSR count). The third-order valence-corrected chi connectivity index (χ3v) is 1.86. The molecule has 0 aliphatic carbocycles. The molecular formula is C6H9NS2. The van der Waals surface area contributed by atoms with E-state index in [0.717, 1.165) is 6.54 Å². The maximum absolute atomic E-state index is 4.12. The fourth-order valence-electron chi connectivity index (χ4n) is 0.647. The maximum Gasteiger partial charge on any atom is 0.0343 e. The van der Waals surface area contributed by atoms with Crippen LogP contribution in [0.25, 0.3) is 0 Å². The van der Waals surface area contributed by atoms with E-state index < -0.39 is 0 Å². The normalized spacial score (nSPS) is 10.6. The standard InChI is InChI=1S/C6H9NS2/c1-7(8)4-6-2-3-9-5-6/h2-3,5,8H,4H2,1H3. The van der Waals surface area contributed by atoms with Crippen LogP contribution in [0.5, 0.6) is 0 Å². The Balaban J connectivity index is 2.48. The first-order chi connectivity index (χ1) is 4.29. The quantitative estimate of drug-likeness (QED) is 0.646. The number of nitrogens with zero attached hydrogens (tertiary/aromatic N) is 1. The Morgan fingerprint density at radius 1 is 1.78 bits per heavy atom. The van der Waals surface area contributed by atoms with Crippen molar-refractivity contribution in [2.45, 2.75) is 6.54 Å². The van der Waals surface area contributed by atoms with E-state index in [1.54, 1.807) is 11.3 Å². The molecule has 0 amide bonds. The summed E-state index contributed by atoms with van der Waals surface area (Å²) in [6.45, 7) is 0.923. The monoisotopic (exact) mass is 159 g/mol. The van der Waals surface area contributed by atoms with Gasteiger partial charge in [-0.2, -0.15) is 11.3 Å². The highest BCUT2D eigenvalue weighted by atomic mass is 32.1. The largest absolute Gasteiger partial charge is 0.252 e. The molecule has 3 heteroatoms. The third kappa shape index (κ3) is 2.39. The molecule has 1 heterocycles. The van der Waals surface area contributed by atoms with Gasteiger partial charge in [0.15, 0.2) is 0 Å². The number of thiol groups is 1. The van der Waals surface area contributed by atoms with Crippen molar-refractivity contribution in [2.75, 3.05) is 7.05 Å². The van der Waals surface area contributed by atoms with Gasteiger partial charge in [-0.1, -0.05) is 12.8 Å². The summed E-state index contributed by atoms with van der Waals surface area (Å²) in [5.41, 5.74) is 1.33. The van der Waals surface area contributed by atoms with Crippen LogP contribution in [-0.4, -0.2) is 11.4 Å². The minimum atomic E-state index is 0.923. The molecule has 0 saturated heterocycles. The SMILES string of the molecule is CN(S)Cc1ccsc1. The molecule has 0 saturated carbocycles. The lowest BCUT2D eigenvalue weighted by Gasteiger charge is -2.04. The summed E-state index contributed by atoms with van der Waals surface area (Å²) in [5, 5.41) is 4.21. The predicted molar refractivity (Wildman–Crippen MR) is 44.8 cm³/mol. The van der Waals surface area contributed by atoms with Crippen LogP contribution in [-0.2, 0) is 6.54 Å². The van der Waals surface area contributed by atoms with Crippen molar-refractivity contribution < 1.29 is 0 Å². The molecule has 50 valence electrons. The van der Waals surface area contributed by atoms with Gasteiger partial charge in [0.25, 0.3) is 0 Å². The molecule has 0 aromatic carbocycles. The predicted octanol–water partition coefficient (Wildman–Crippen LogP) is 2.02. The van der Waals surface area contributed by atoms with E-state index in [0.29, 0.717) is 0 Å². The fourth-order valence-corrected chi connectivity index (χ4v) is 1.47. The van der Waals surface area contributed by atoms with Crippen molar-refractivity contribution in [3.8, 4) is 0 Å². The Kier molecular flexibility index (Phi) is 2.57. The molecule has 0 fully saturated rings. The summed E-state index contributed by atoms with van der Waals surface area (Å²) in [7, 11) is 1.95. The first kappa shape index (κ1) is 7.12. The molecule has 0 spiro atoms. The van der Waals surface area contributed by atoms with Gasteiger partial charge in [0.05, 0.1) is 0 Å². The van der Waals surface area contributed by atoms with E-state index >= 15 is 0 Å². The first-order valence-corrected chi connectivity index (χ1v) is 4.04. The van der Waals surface area contributed by atoms with E-state index in [9.17, 15) is 0 Å². The molecule has 0 atom stereocenters. The van der Waals surface area contributed by atoms with E-state index in [1.165, 1.54) is 5.56 Å². The van der Waals surface area contributed by atoms with Gasteiger partial charge in [-0.05, 0) is 29.4 Å². The number of hydrogen-bond acceptors (Lipinski definition) is 3. The molecule has 1 nitrogen and oxygen atoms in total. The van der Waals surface area contributed by atoms with Crippen molar-refractivity contribution in [1.29, 1.82) is 0 Å². The Labute approximate surface area is 64.9 Å². The number of rotatable bonds is 2. The molecule has 0 bridgehead atoms. The lowest BCUT2D eigenvalue weighted by molar-refractivity contribution is 0.573. The zero-order valence-electron chi connectivity index (χ0n) is 5.24. The highest BCUT2D eigenvalue weighted by Crippen LogP contribution is 2.08. The van der Waals surface area contributed by atoms with Gasteiger partial charge in [0, 0.05) is 6.54 Å². The van der Waals surface area contributed by atoms with Crippen molar-refractivity contribution in [1.82, 2.24) is 4.31 Å². The van der Waals surface area contributed by atoms with E-state index in [2.05, 4.69) is 29.6 Å². The molecule has 0 unspecified atom stereocenters. The Bertz CT molecular complexity index is 158. The van der Waals surface area contributed by atoms with Crippen LogP contribution < -0.4 is 0 Å². The van der Waals surface area contributed by atoms with Crippen LogP contribution in [0.3, 0.4) is 0 Å². The van der Waals surface area contributed by atoms with Crippen molar-refractivity contribution >= 4 is 24.2 Å². The van der Waals surface area contributed by atoms with Gasteiger partial charge >= 0.3 is 0 Å². The zero-order chi connectivity index (χ0) is 6.69. The van der Waals surface area contributed by atoms with Crippen LogP contribution in [0, 0.1) is 0 Å². The smallest absolute Gasteiger partial charge is 0.0343 e. The van der Waals surface area contributed by atoms with Crippen LogP contribution in [0.15, 0.2) is 16.8 Å². The Morgan fingerprint density at radius 2 is 2.56 bits per heavy atom. The fraction of sp³-hybridized carbons (Fsp3) is 0.333. The highest BCUT2D eigenvalue weighted by Gasteiger charge is 1.93. The van der Waals surface area contributed by atoms with Crippen LogP contribution in [0.1, 0.15) is 5.56 Å². The Morgan fingerprint density at radius 3 is 3.00 bits per heavy atom. The van der Waals surface area contributed by atoms with Crippen molar-refractivity contribution in [3.63, 3.8) is 0 Å². The van der Waals surface area contributed by atoms with Crippen LogP contribution in [0.4, 0.5) is 0 Å². The van der Waals surface area contributed by atoms with E-state index in [4.69, 9.17) is 0 Å². The van der Waals surface area contributed by atoms with Crippen LogP contribution >= 0.6 is 24.2 Å². The number of thiophene rings is 1. The summed E-state index contributed by atoms with van der Waals surface area (Å²) in [6.07, 6.45) is 0. The molecule has 1 aromatic rings. The highest BCUT2D eigenvalue weighted by molar-refractivity contribution is 7.77. The molecule has 0 aliphatic heterocycles. The minimum absolute atomic E-state index is 0.923. The minimum Gasteiger partial charge on any atom is -0.252 e. The second-order valence-corrected chi connectivity index (χ2v) is 3.41. The first-order valence-electron chi connectivity index (χ1n) is 2.70. The summed E-state index contributed by atoms with van der Waals surface area (Å²) >= 11 is 5.84.